The molecule has 1 atom stereocenters. The Bertz CT molecular complexity index is 1080. The SMILES string of the molecule is Cc1ccc(CN)c(CNC(=O)[C@@H]2CCCN2C(=O)c2cc(-c3ccncc3)c[nH]2)c1. The Morgan fingerprint density at radius 1 is 1.16 bits per heavy atom. The van der Waals surface area contributed by atoms with Crippen LogP contribution in [0.2, 0.25) is 0 Å². The first-order valence-corrected chi connectivity index (χ1v) is 10.5. The molecule has 31 heavy (non-hydrogen) atoms. The zero-order chi connectivity index (χ0) is 21.8. The molecule has 3 heterocycles. The van der Waals surface area contributed by atoms with Gasteiger partial charge in [-0.25, -0.2) is 0 Å². The number of aromatic amines is 1. The number of H-pyrrole nitrogens is 1. The second-order valence-corrected chi connectivity index (χ2v) is 7.89. The van der Waals surface area contributed by atoms with E-state index < -0.39 is 6.04 Å². The normalized spacial score (nSPS) is 15.8. The molecule has 0 unspecified atom stereocenters. The molecule has 160 valence electrons. The maximum atomic E-state index is 13.1. The number of pyridine rings is 1. The minimum absolute atomic E-state index is 0.128. The summed E-state index contributed by atoms with van der Waals surface area (Å²) in [7, 11) is 0. The van der Waals surface area contributed by atoms with Gasteiger partial charge in [-0.3, -0.25) is 14.6 Å². The summed E-state index contributed by atoms with van der Waals surface area (Å²) >= 11 is 0. The molecule has 7 nitrogen and oxygen atoms in total. The van der Waals surface area contributed by atoms with Crippen molar-refractivity contribution < 1.29 is 9.59 Å². The van der Waals surface area contributed by atoms with E-state index in [1.54, 1.807) is 23.5 Å². The Morgan fingerprint density at radius 2 is 1.97 bits per heavy atom. The number of nitrogens with one attached hydrogen (secondary N) is 2. The largest absolute Gasteiger partial charge is 0.357 e. The molecule has 1 saturated heterocycles. The van der Waals surface area contributed by atoms with E-state index in [0.717, 1.165) is 34.2 Å². The van der Waals surface area contributed by atoms with Crippen LogP contribution in [0.3, 0.4) is 0 Å². The average molecular weight is 418 g/mol. The molecule has 1 aliphatic rings. The first-order valence-electron chi connectivity index (χ1n) is 10.5. The van der Waals surface area contributed by atoms with E-state index >= 15 is 0 Å². The zero-order valence-corrected chi connectivity index (χ0v) is 17.6. The number of hydrogen-bond donors (Lipinski definition) is 3. The molecule has 0 saturated carbocycles. The summed E-state index contributed by atoms with van der Waals surface area (Å²) in [6.07, 6.45) is 6.71. The van der Waals surface area contributed by atoms with E-state index in [2.05, 4.69) is 15.3 Å². The van der Waals surface area contributed by atoms with Crippen molar-refractivity contribution in [2.75, 3.05) is 6.54 Å². The molecule has 0 spiro atoms. The Kier molecular flexibility index (Phi) is 6.13. The molecule has 2 amide bonds. The van der Waals surface area contributed by atoms with Gasteiger partial charge in [0.2, 0.25) is 5.91 Å². The van der Waals surface area contributed by atoms with E-state index in [-0.39, 0.29) is 11.8 Å². The fourth-order valence-corrected chi connectivity index (χ4v) is 4.08. The highest BCUT2D eigenvalue weighted by Crippen LogP contribution is 2.24. The molecule has 0 aliphatic carbocycles. The van der Waals surface area contributed by atoms with E-state index in [1.165, 1.54) is 0 Å². The third-order valence-electron chi connectivity index (χ3n) is 5.78. The number of aromatic nitrogens is 2. The molecule has 3 aromatic rings. The summed E-state index contributed by atoms with van der Waals surface area (Å²) in [6.45, 7) is 3.41. The summed E-state index contributed by atoms with van der Waals surface area (Å²) in [6, 6.07) is 11.2. The second kappa shape index (κ2) is 9.14. The van der Waals surface area contributed by atoms with Crippen LogP contribution in [0.4, 0.5) is 0 Å². The Hall–Kier alpha value is -3.45. The van der Waals surface area contributed by atoms with E-state index in [0.29, 0.717) is 31.7 Å². The highest BCUT2D eigenvalue weighted by molar-refractivity contribution is 5.97. The molecule has 7 heteroatoms. The van der Waals surface area contributed by atoms with Gasteiger partial charge in [0, 0.05) is 43.8 Å². The highest BCUT2D eigenvalue weighted by Gasteiger charge is 2.35. The molecule has 1 aromatic carbocycles. The van der Waals surface area contributed by atoms with E-state index in [1.807, 2.05) is 43.3 Å². The quantitative estimate of drug-likeness (QED) is 0.574. The predicted molar refractivity (Wildman–Crippen MR) is 119 cm³/mol. The maximum absolute atomic E-state index is 13.1. The molecule has 1 fully saturated rings. The van der Waals surface area contributed by atoms with Gasteiger partial charge in [0.15, 0.2) is 0 Å². The smallest absolute Gasteiger partial charge is 0.270 e. The second-order valence-electron chi connectivity index (χ2n) is 7.89. The van der Waals surface area contributed by atoms with Crippen LogP contribution in [-0.4, -0.2) is 39.3 Å². The van der Waals surface area contributed by atoms with Crippen molar-refractivity contribution in [1.82, 2.24) is 20.2 Å². The van der Waals surface area contributed by atoms with Gasteiger partial charge >= 0.3 is 0 Å². The molecule has 1 aliphatic heterocycles. The van der Waals surface area contributed by atoms with Gasteiger partial charge in [-0.1, -0.05) is 23.8 Å². The number of nitrogens with zero attached hydrogens (tertiary/aromatic N) is 2. The van der Waals surface area contributed by atoms with Crippen LogP contribution in [0, 0.1) is 6.92 Å². The van der Waals surface area contributed by atoms with Crippen molar-refractivity contribution in [3.8, 4) is 11.1 Å². The lowest BCUT2D eigenvalue weighted by Crippen LogP contribution is -2.45. The topological polar surface area (TPSA) is 104 Å². The fraction of sp³-hybridized carbons (Fsp3) is 0.292. The third kappa shape index (κ3) is 4.51. The number of aryl methyl sites for hydroxylation is 1. The molecular formula is C24H27N5O2. The maximum Gasteiger partial charge on any atom is 0.270 e. The first kappa shape index (κ1) is 20.8. The molecule has 0 radical (unpaired) electrons. The van der Waals surface area contributed by atoms with Crippen molar-refractivity contribution in [2.24, 2.45) is 5.73 Å². The average Bonchev–Trinajstić information content (AvgIpc) is 3.48. The minimum Gasteiger partial charge on any atom is -0.357 e. The predicted octanol–water partition coefficient (Wildman–Crippen LogP) is 2.76. The minimum atomic E-state index is -0.466. The number of likely N-dealkylation sites (tertiary alicyclic amines) is 1. The summed E-state index contributed by atoms with van der Waals surface area (Å²) < 4.78 is 0. The zero-order valence-electron chi connectivity index (χ0n) is 17.6. The Balaban J connectivity index is 1.44. The molecule has 0 bridgehead atoms. The molecule has 4 N–H and O–H groups in total. The van der Waals surface area contributed by atoms with Crippen molar-refractivity contribution in [1.29, 1.82) is 0 Å². The van der Waals surface area contributed by atoms with Gasteiger partial charge in [0.25, 0.3) is 5.91 Å². The van der Waals surface area contributed by atoms with E-state index in [9.17, 15) is 9.59 Å². The lowest BCUT2D eigenvalue weighted by Gasteiger charge is -2.23. The number of carbonyl (C=O) groups is 2. The molecule has 2 aromatic heterocycles. The number of carbonyl (C=O) groups excluding carboxylic acids is 2. The van der Waals surface area contributed by atoms with Crippen LogP contribution in [0.1, 0.15) is 40.0 Å². The van der Waals surface area contributed by atoms with Crippen LogP contribution in [0.5, 0.6) is 0 Å². The highest BCUT2D eigenvalue weighted by atomic mass is 16.2. The third-order valence-corrected chi connectivity index (χ3v) is 5.78. The van der Waals surface area contributed by atoms with Crippen LogP contribution in [0.25, 0.3) is 11.1 Å². The number of amides is 2. The van der Waals surface area contributed by atoms with Gasteiger partial charge in [-0.2, -0.15) is 0 Å². The number of rotatable bonds is 6. The van der Waals surface area contributed by atoms with Crippen molar-refractivity contribution in [2.45, 2.75) is 38.9 Å². The summed E-state index contributed by atoms with van der Waals surface area (Å²) in [4.78, 5) is 34.8. The van der Waals surface area contributed by atoms with Crippen LogP contribution in [0.15, 0.2) is 55.0 Å². The molecule has 4 rings (SSSR count). The van der Waals surface area contributed by atoms with Crippen molar-refractivity contribution >= 4 is 11.8 Å². The number of nitrogens with two attached hydrogens (primary N) is 1. The van der Waals surface area contributed by atoms with Crippen LogP contribution < -0.4 is 11.1 Å². The van der Waals surface area contributed by atoms with Crippen molar-refractivity contribution in [3.05, 3.63) is 77.4 Å². The Morgan fingerprint density at radius 3 is 2.74 bits per heavy atom. The van der Waals surface area contributed by atoms with Gasteiger partial charge in [-0.15, -0.1) is 0 Å². The summed E-state index contributed by atoms with van der Waals surface area (Å²) in [5.74, 6) is -0.285. The van der Waals surface area contributed by atoms with E-state index in [4.69, 9.17) is 5.73 Å². The Labute approximate surface area is 181 Å². The number of benzene rings is 1. The first-order chi connectivity index (χ1) is 15.1. The summed E-state index contributed by atoms with van der Waals surface area (Å²) in [5, 5.41) is 3.00. The number of hydrogen-bond acceptors (Lipinski definition) is 4. The van der Waals surface area contributed by atoms with Gasteiger partial charge in [-0.05, 0) is 54.7 Å². The van der Waals surface area contributed by atoms with Crippen LogP contribution in [-0.2, 0) is 17.9 Å². The van der Waals surface area contributed by atoms with Gasteiger partial charge in [0.1, 0.15) is 11.7 Å². The van der Waals surface area contributed by atoms with Crippen molar-refractivity contribution in [3.63, 3.8) is 0 Å². The van der Waals surface area contributed by atoms with Gasteiger partial charge in [0.05, 0.1) is 0 Å². The summed E-state index contributed by atoms with van der Waals surface area (Å²) in [5.41, 5.74) is 11.4. The van der Waals surface area contributed by atoms with Gasteiger partial charge < -0.3 is 20.9 Å². The standard InChI is InChI=1S/C24H27N5O2/c1-16-4-5-18(13-25)19(11-16)15-28-23(30)22-3-2-10-29(22)24(31)21-12-20(14-27-21)17-6-8-26-9-7-17/h4-9,11-12,14,22,27H,2-3,10,13,15,25H2,1H3,(H,28,30)/t22-/m0/s1. The monoisotopic (exact) mass is 417 g/mol. The van der Waals surface area contributed by atoms with Crippen LogP contribution >= 0.6 is 0 Å². The lowest BCUT2D eigenvalue weighted by atomic mass is 10.0. The fourth-order valence-electron chi connectivity index (χ4n) is 4.08. The lowest BCUT2D eigenvalue weighted by molar-refractivity contribution is -0.125. The molecular weight excluding hydrogens is 390 g/mol.